The first-order valence-electron chi connectivity index (χ1n) is 8.11. The molecule has 2 aromatic rings. The third-order valence-corrected chi connectivity index (χ3v) is 5.27. The van der Waals surface area contributed by atoms with E-state index in [2.05, 4.69) is 54.4 Å². The Morgan fingerprint density at radius 1 is 1.29 bits per heavy atom. The summed E-state index contributed by atoms with van der Waals surface area (Å²) in [6.07, 6.45) is 1.22. The molecule has 1 N–H and O–H groups in total. The van der Waals surface area contributed by atoms with Crippen LogP contribution in [0.1, 0.15) is 19.0 Å². The Kier molecular flexibility index (Phi) is 3.11. The summed E-state index contributed by atoms with van der Waals surface area (Å²) in [6, 6.07) is 11.5. The van der Waals surface area contributed by atoms with E-state index in [1.807, 2.05) is 0 Å². The number of fused-ring (bicyclic) bond motifs is 2. The van der Waals surface area contributed by atoms with Gasteiger partial charge in [0, 0.05) is 42.4 Å². The summed E-state index contributed by atoms with van der Waals surface area (Å²) in [5.74, 6) is 1.62. The van der Waals surface area contributed by atoms with Gasteiger partial charge in [-0.25, -0.2) is 0 Å². The molecule has 3 nitrogen and oxygen atoms in total. The van der Waals surface area contributed by atoms with Crippen LogP contribution in [0.5, 0.6) is 0 Å². The van der Waals surface area contributed by atoms with Crippen molar-refractivity contribution in [3.63, 3.8) is 0 Å². The number of nitrogens with one attached hydrogen (secondary N) is 1. The molecule has 4 rings (SSSR count). The van der Waals surface area contributed by atoms with Crippen molar-refractivity contribution >= 4 is 16.6 Å². The van der Waals surface area contributed by atoms with Crippen LogP contribution < -0.4 is 10.2 Å². The van der Waals surface area contributed by atoms with Crippen molar-refractivity contribution in [3.8, 4) is 0 Å². The van der Waals surface area contributed by atoms with Gasteiger partial charge in [0.25, 0.3) is 0 Å². The van der Waals surface area contributed by atoms with Gasteiger partial charge in [0.15, 0.2) is 0 Å². The Bertz CT molecular complexity index is 667. The summed E-state index contributed by atoms with van der Waals surface area (Å²) < 4.78 is 0. The van der Waals surface area contributed by atoms with Crippen molar-refractivity contribution in [2.45, 2.75) is 26.3 Å². The lowest BCUT2D eigenvalue weighted by Crippen LogP contribution is -2.35. The van der Waals surface area contributed by atoms with Crippen LogP contribution in [-0.2, 0) is 0 Å². The lowest BCUT2D eigenvalue weighted by molar-refractivity contribution is 0.442. The third kappa shape index (κ3) is 2.03. The normalized spacial score (nSPS) is 28.3. The molecule has 2 aliphatic rings. The lowest BCUT2D eigenvalue weighted by atomic mass is 9.93. The van der Waals surface area contributed by atoms with Crippen LogP contribution in [0.15, 0.2) is 30.3 Å². The first kappa shape index (κ1) is 13.1. The van der Waals surface area contributed by atoms with Gasteiger partial charge in [-0.3, -0.25) is 4.98 Å². The van der Waals surface area contributed by atoms with Gasteiger partial charge in [0.1, 0.15) is 0 Å². The van der Waals surface area contributed by atoms with Crippen LogP contribution in [0.25, 0.3) is 10.9 Å². The number of pyridine rings is 1. The highest BCUT2D eigenvalue weighted by molar-refractivity contribution is 5.92. The summed E-state index contributed by atoms with van der Waals surface area (Å²) in [7, 11) is 0. The van der Waals surface area contributed by atoms with Crippen molar-refractivity contribution in [1.82, 2.24) is 10.3 Å². The van der Waals surface area contributed by atoms with E-state index in [1.54, 1.807) is 0 Å². The van der Waals surface area contributed by atoms with Gasteiger partial charge in [-0.15, -0.1) is 0 Å². The molecule has 0 radical (unpaired) electrons. The number of nitrogens with zero attached hydrogens (tertiary/aromatic N) is 2. The highest BCUT2D eigenvalue weighted by Gasteiger charge is 2.43. The van der Waals surface area contributed by atoms with Gasteiger partial charge in [0.05, 0.1) is 5.52 Å². The molecule has 0 bridgehead atoms. The Hall–Kier alpha value is -1.61. The van der Waals surface area contributed by atoms with E-state index in [9.17, 15) is 0 Å². The molecule has 3 atom stereocenters. The van der Waals surface area contributed by atoms with Gasteiger partial charge in [-0.05, 0) is 37.3 Å². The van der Waals surface area contributed by atoms with Crippen LogP contribution in [0, 0.1) is 18.8 Å². The zero-order valence-corrected chi connectivity index (χ0v) is 12.8. The molecule has 21 heavy (non-hydrogen) atoms. The van der Waals surface area contributed by atoms with E-state index in [4.69, 9.17) is 4.98 Å². The van der Waals surface area contributed by atoms with Crippen molar-refractivity contribution in [2.24, 2.45) is 11.8 Å². The van der Waals surface area contributed by atoms with Crippen LogP contribution >= 0.6 is 0 Å². The molecule has 3 unspecified atom stereocenters. The van der Waals surface area contributed by atoms with Crippen LogP contribution in [0.4, 0.5) is 5.69 Å². The quantitative estimate of drug-likeness (QED) is 0.917. The number of anilines is 1. The molecule has 2 saturated heterocycles. The monoisotopic (exact) mass is 281 g/mol. The molecule has 1 aromatic carbocycles. The zero-order valence-electron chi connectivity index (χ0n) is 12.8. The molecule has 3 heterocycles. The Labute approximate surface area is 126 Å². The second-order valence-corrected chi connectivity index (χ2v) is 6.51. The third-order valence-electron chi connectivity index (χ3n) is 5.27. The van der Waals surface area contributed by atoms with Crippen molar-refractivity contribution in [2.75, 3.05) is 24.5 Å². The maximum atomic E-state index is 4.69. The summed E-state index contributed by atoms with van der Waals surface area (Å²) in [5, 5.41) is 4.87. The van der Waals surface area contributed by atoms with Crippen molar-refractivity contribution < 1.29 is 0 Å². The second-order valence-electron chi connectivity index (χ2n) is 6.51. The lowest BCUT2D eigenvalue weighted by Gasteiger charge is -2.30. The molecule has 2 fully saturated rings. The number of benzene rings is 1. The minimum atomic E-state index is 0.662. The van der Waals surface area contributed by atoms with Gasteiger partial charge < -0.3 is 10.2 Å². The van der Waals surface area contributed by atoms with Crippen LogP contribution in [0.2, 0.25) is 0 Å². The number of aromatic nitrogens is 1. The van der Waals surface area contributed by atoms with Gasteiger partial charge in [-0.2, -0.15) is 0 Å². The highest BCUT2D eigenvalue weighted by atomic mass is 15.2. The van der Waals surface area contributed by atoms with E-state index >= 15 is 0 Å². The van der Waals surface area contributed by atoms with Gasteiger partial charge >= 0.3 is 0 Å². The minimum Gasteiger partial charge on any atom is -0.367 e. The summed E-state index contributed by atoms with van der Waals surface area (Å²) in [5.41, 5.74) is 3.63. The number of rotatable bonds is 2. The smallest absolute Gasteiger partial charge is 0.0726 e. The minimum absolute atomic E-state index is 0.662. The molecule has 0 spiro atoms. The molecule has 2 aliphatic heterocycles. The fraction of sp³-hybridized carbons (Fsp3) is 0.500. The van der Waals surface area contributed by atoms with E-state index in [-0.39, 0.29) is 0 Å². The summed E-state index contributed by atoms with van der Waals surface area (Å²) in [4.78, 5) is 7.35. The van der Waals surface area contributed by atoms with Gasteiger partial charge in [0.2, 0.25) is 0 Å². The number of aryl methyl sites for hydroxylation is 1. The standard InChI is InChI=1S/C18H23N3/c1-3-17-15-10-19-9-13(15)11-21(17)18-8-12(2)20-16-7-5-4-6-14(16)18/h4-8,13,15,17,19H,3,9-11H2,1-2H3. The molecule has 3 heteroatoms. The fourth-order valence-corrected chi connectivity index (χ4v) is 4.35. The largest absolute Gasteiger partial charge is 0.367 e. The average molecular weight is 281 g/mol. The highest BCUT2D eigenvalue weighted by Crippen LogP contribution is 2.40. The molecular weight excluding hydrogens is 258 g/mol. The Morgan fingerprint density at radius 2 is 2.14 bits per heavy atom. The predicted molar refractivity (Wildman–Crippen MR) is 87.8 cm³/mol. The number of para-hydroxylation sites is 1. The van der Waals surface area contributed by atoms with E-state index in [0.717, 1.165) is 23.0 Å². The number of hydrogen-bond acceptors (Lipinski definition) is 3. The van der Waals surface area contributed by atoms with E-state index in [0.29, 0.717) is 6.04 Å². The van der Waals surface area contributed by atoms with Crippen LogP contribution in [-0.4, -0.2) is 30.7 Å². The predicted octanol–water partition coefficient (Wildman–Crippen LogP) is 2.98. The first-order valence-corrected chi connectivity index (χ1v) is 8.11. The average Bonchev–Trinajstić information content (AvgIpc) is 3.06. The van der Waals surface area contributed by atoms with E-state index < -0.39 is 0 Å². The second kappa shape index (κ2) is 4.99. The molecular formula is C18H23N3. The maximum absolute atomic E-state index is 4.69. The maximum Gasteiger partial charge on any atom is 0.0726 e. The fourth-order valence-electron chi connectivity index (χ4n) is 4.35. The molecule has 1 aromatic heterocycles. The summed E-state index contributed by atoms with van der Waals surface area (Å²) >= 11 is 0. The molecule has 0 aliphatic carbocycles. The van der Waals surface area contributed by atoms with Gasteiger partial charge in [-0.1, -0.05) is 25.1 Å². The topological polar surface area (TPSA) is 28.2 Å². The first-order chi connectivity index (χ1) is 10.3. The van der Waals surface area contributed by atoms with Crippen molar-refractivity contribution in [3.05, 3.63) is 36.0 Å². The summed E-state index contributed by atoms with van der Waals surface area (Å²) in [6.45, 7) is 7.98. The SMILES string of the molecule is CCC1C2CNCC2CN1c1cc(C)nc2ccccc12. The Morgan fingerprint density at radius 3 is 3.00 bits per heavy atom. The molecule has 110 valence electrons. The van der Waals surface area contributed by atoms with E-state index in [1.165, 1.54) is 37.1 Å². The number of hydrogen-bond donors (Lipinski definition) is 1. The zero-order chi connectivity index (χ0) is 14.4. The molecule has 0 amide bonds. The van der Waals surface area contributed by atoms with Crippen molar-refractivity contribution in [1.29, 1.82) is 0 Å². The Balaban J connectivity index is 1.82. The molecule has 0 saturated carbocycles. The van der Waals surface area contributed by atoms with Crippen LogP contribution in [0.3, 0.4) is 0 Å².